The van der Waals surface area contributed by atoms with Crippen molar-refractivity contribution in [1.82, 2.24) is 5.06 Å². The van der Waals surface area contributed by atoms with Gasteiger partial charge < -0.3 is 10.3 Å². The molecule has 1 atom stereocenters. The van der Waals surface area contributed by atoms with Gasteiger partial charge in [-0.1, -0.05) is 0 Å². The molecule has 1 rings (SSSR count). The summed E-state index contributed by atoms with van der Waals surface area (Å²) in [6.45, 7) is 9.05. The van der Waals surface area contributed by atoms with Crippen molar-refractivity contribution in [3.63, 3.8) is 0 Å². The lowest BCUT2D eigenvalue weighted by Crippen LogP contribution is -2.46. The van der Waals surface area contributed by atoms with Crippen LogP contribution >= 0.6 is 0 Å². The molecule has 0 aromatic carbocycles. The lowest BCUT2D eigenvalue weighted by Gasteiger charge is -2.47. The summed E-state index contributed by atoms with van der Waals surface area (Å²) in [4.78, 5) is 11.3. The Bertz CT molecular complexity index is 233. The fraction of sp³-hybridized carbons (Fsp3) is 0.900. The minimum atomic E-state index is -0.546. The minimum Gasteiger partial charge on any atom is -0.784 e. The number of hydroxylamine groups is 2. The molecule has 3 heteroatoms. The van der Waals surface area contributed by atoms with Gasteiger partial charge in [0.1, 0.15) is 5.78 Å². The number of rotatable bonds is 1. The zero-order chi connectivity index (χ0) is 10.4. The van der Waals surface area contributed by atoms with E-state index < -0.39 is 11.1 Å². The first-order chi connectivity index (χ1) is 5.69. The molecule has 1 aliphatic rings. The number of hydrogen-bond donors (Lipinski definition) is 0. The molecule has 0 saturated carbocycles. The van der Waals surface area contributed by atoms with Gasteiger partial charge in [-0.3, -0.25) is 4.79 Å². The predicted molar refractivity (Wildman–Crippen MR) is 52.2 cm³/mol. The summed E-state index contributed by atoms with van der Waals surface area (Å²) in [6, 6.07) is 0. The highest BCUT2D eigenvalue weighted by Gasteiger charge is 2.48. The van der Waals surface area contributed by atoms with E-state index in [0.717, 1.165) is 5.06 Å². The smallest absolute Gasteiger partial charge is 0.134 e. The van der Waals surface area contributed by atoms with Gasteiger partial charge in [-0.15, -0.1) is 0 Å². The van der Waals surface area contributed by atoms with E-state index in [9.17, 15) is 10.0 Å². The second kappa shape index (κ2) is 2.79. The van der Waals surface area contributed by atoms with Gasteiger partial charge >= 0.3 is 0 Å². The normalized spacial score (nSPS) is 32.0. The summed E-state index contributed by atoms with van der Waals surface area (Å²) in [5.74, 6) is -0.00331. The Morgan fingerprint density at radius 3 is 2.00 bits per heavy atom. The quantitative estimate of drug-likeness (QED) is 0.625. The van der Waals surface area contributed by atoms with E-state index >= 15 is 0 Å². The fourth-order valence-corrected chi connectivity index (χ4v) is 2.39. The second-order valence-corrected chi connectivity index (χ2v) is 5.13. The van der Waals surface area contributed by atoms with Crippen LogP contribution in [0.5, 0.6) is 0 Å². The average molecular weight is 184 g/mol. The first-order valence-electron chi connectivity index (χ1n) is 4.67. The van der Waals surface area contributed by atoms with Crippen molar-refractivity contribution in [2.45, 2.75) is 52.1 Å². The molecule has 0 radical (unpaired) electrons. The van der Waals surface area contributed by atoms with Gasteiger partial charge in [-0.2, -0.15) is 0 Å². The summed E-state index contributed by atoms with van der Waals surface area (Å²) < 4.78 is 0. The first-order valence-corrected chi connectivity index (χ1v) is 4.67. The summed E-state index contributed by atoms with van der Waals surface area (Å²) in [7, 11) is 0. The maximum Gasteiger partial charge on any atom is 0.134 e. The van der Waals surface area contributed by atoms with Gasteiger partial charge in [0.05, 0.1) is 0 Å². The molecule has 1 fully saturated rings. The molecule has 0 bridgehead atoms. The molecule has 0 amide bonds. The monoisotopic (exact) mass is 184 g/mol. The van der Waals surface area contributed by atoms with Crippen molar-refractivity contribution in [2.24, 2.45) is 5.92 Å². The topological polar surface area (TPSA) is 43.4 Å². The Hall–Kier alpha value is -0.410. The number of ketones is 1. The van der Waals surface area contributed by atoms with Crippen LogP contribution in [0.15, 0.2) is 0 Å². The van der Waals surface area contributed by atoms with Gasteiger partial charge in [0.15, 0.2) is 0 Å². The highest BCUT2D eigenvalue weighted by Crippen LogP contribution is 2.44. The summed E-state index contributed by atoms with van der Waals surface area (Å²) >= 11 is 0. The molecule has 0 aromatic rings. The Labute approximate surface area is 79.7 Å². The summed E-state index contributed by atoms with van der Waals surface area (Å²) in [6.07, 6.45) is 0.666. The number of Topliss-reactive ketones (excluding diaryl/α,β-unsaturated/α-hetero) is 1. The van der Waals surface area contributed by atoms with Crippen molar-refractivity contribution in [2.75, 3.05) is 0 Å². The van der Waals surface area contributed by atoms with E-state index in [1.807, 2.05) is 27.7 Å². The molecule has 0 aromatic heterocycles. The largest absolute Gasteiger partial charge is 0.784 e. The van der Waals surface area contributed by atoms with Crippen LogP contribution in [0.2, 0.25) is 0 Å². The van der Waals surface area contributed by atoms with Crippen molar-refractivity contribution in [3.05, 3.63) is 5.21 Å². The van der Waals surface area contributed by atoms with E-state index in [4.69, 9.17) is 0 Å². The van der Waals surface area contributed by atoms with E-state index in [0.29, 0.717) is 6.42 Å². The first kappa shape index (κ1) is 10.7. The zero-order valence-electron chi connectivity index (χ0n) is 9.05. The molecular formula is C10H18NO2-. The molecular weight excluding hydrogens is 166 g/mol. The second-order valence-electron chi connectivity index (χ2n) is 5.13. The Balaban J connectivity index is 3.00. The van der Waals surface area contributed by atoms with Gasteiger partial charge in [0, 0.05) is 17.0 Å². The summed E-state index contributed by atoms with van der Waals surface area (Å²) in [5, 5.41) is 12.9. The molecule has 0 spiro atoms. The molecule has 0 N–H and O–H groups in total. The lowest BCUT2D eigenvalue weighted by atomic mass is 9.84. The predicted octanol–water partition coefficient (Wildman–Crippen LogP) is 1.95. The van der Waals surface area contributed by atoms with E-state index in [1.165, 1.54) is 0 Å². The van der Waals surface area contributed by atoms with Gasteiger partial charge in [0.2, 0.25) is 0 Å². The van der Waals surface area contributed by atoms with E-state index in [1.54, 1.807) is 6.92 Å². The summed E-state index contributed by atoms with van der Waals surface area (Å²) in [5.41, 5.74) is -0.949. The van der Waals surface area contributed by atoms with E-state index in [-0.39, 0.29) is 11.7 Å². The molecule has 1 saturated heterocycles. The van der Waals surface area contributed by atoms with Gasteiger partial charge in [0.25, 0.3) is 0 Å². The third kappa shape index (κ3) is 1.51. The van der Waals surface area contributed by atoms with Crippen molar-refractivity contribution in [1.29, 1.82) is 0 Å². The molecule has 1 unspecified atom stereocenters. The Morgan fingerprint density at radius 1 is 1.38 bits per heavy atom. The number of nitrogens with zero attached hydrogens (tertiary/aromatic N) is 1. The van der Waals surface area contributed by atoms with Crippen LogP contribution in [-0.2, 0) is 4.79 Å². The molecule has 1 aliphatic heterocycles. The maximum absolute atomic E-state index is 11.8. The SMILES string of the molecule is CC(=O)C1CC(C)(C)N([O-])C1(C)C. The number of carbonyl (C=O) groups is 1. The molecule has 3 nitrogen and oxygen atoms in total. The number of hydrogen-bond acceptors (Lipinski definition) is 3. The van der Waals surface area contributed by atoms with Crippen LogP contribution in [0, 0.1) is 11.1 Å². The Kier molecular flexibility index (Phi) is 2.29. The van der Waals surface area contributed by atoms with Crippen LogP contribution in [0.3, 0.4) is 0 Å². The van der Waals surface area contributed by atoms with Crippen LogP contribution < -0.4 is 0 Å². The van der Waals surface area contributed by atoms with E-state index in [2.05, 4.69) is 0 Å². The average Bonchev–Trinajstić information content (AvgIpc) is 2.11. The number of carbonyl (C=O) groups excluding carboxylic acids is 1. The molecule has 1 heterocycles. The third-order valence-electron chi connectivity index (χ3n) is 3.12. The van der Waals surface area contributed by atoms with Crippen molar-refractivity contribution in [3.8, 4) is 0 Å². The highest BCUT2D eigenvalue weighted by molar-refractivity contribution is 5.80. The Morgan fingerprint density at radius 2 is 1.85 bits per heavy atom. The standard InChI is InChI=1S/C10H18NO2/c1-7(12)8-6-9(2,3)11(13)10(8,4)5/h8H,6H2,1-5H3/q-1. The lowest BCUT2D eigenvalue weighted by molar-refractivity contribution is -0.122. The van der Waals surface area contributed by atoms with Crippen LogP contribution in [0.25, 0.3) is 0 Å². The highest BCUT2D eigenvalue weighted by atomic mass is 16.5. The maximum atomic E-state index is 11.8. The molecule has 0 aliphatic carbocycles. The zero-order valence-corrected chi connectivity index (χ0v) is 9.05. The van der Waals surface area contributed by atoms with Crippen LogP contribution in [0.4, 0.5) is 0 Å². The third-order valence-corrected chi connectivity index (χ3v) is 3.12. The minimum absolute atomic E-state index is 0.122. The van der Waals surface area contributed by atoms with Crippen molar-refractivity contribution >= 4 is 5.78 Å². The van der Waals surface area contributed by atoms with Crippen molar-refractivity contribution < 1.29 is 4.79 Å². The molecule has 76 valence electrons. The van der Waals surface area contributed by atoms with Crippen LogP contribution in [-0.4, -0.2) is 21.9 Å². The molecule has 13 heavy (non-hydrogen) atoms. The van der Waals surface area contributed by atoms with Gasteiger partial charge in [-0.05, 0) is 41.0 Å². The van der Waals surface area contributed by atoms with Gasteiger partial charge in [-0.25, -0.2) is 0 Å². The van der Waals surface area contributed by atoms with Crippen LogP contribution in [0.1, 0.15) is 41.0 Å². The fourth-order valence-electron chi connectivity index (χ4n) is 2.39.